The molecule has 3 aromatic rings. The van der Waals surface area contributed by atoms with Gasteiger partial charge in [-0.1, -0.05) is 0 Å². The Kier molecular flexibility index (Phi) is 4.21. The van der Waals surface area contributed by atoms with Crippen molar-refractivity contribution in [1.82, 2.24) is 9.78 Å². The van der Waals surface area contributed by atoms with Gasteiger partial charge >= 0.3 is 5.63 Å². The summed E-state index contributed by atoms with van der Waals surface area (Å²) < 4.78 is 11.5. The van der Waals surface area contributed by atoms with E-state index in [4.69, 9.17) is 14.9 Å². The van der Waals surface area contributed by atoms with E-state index in [9.17, 15) is 14.4 Å². The Morgan fingerprint density at radius 2 is 2.04 bits per heavy atom. The number of nitrogens with one attached hydrogen (secondary N) is 1. The Bertz CT molecular complexity index is 1100. The molecule has 3 rings (SSSR count). The van der Waals surface area contributed by atoms with Crippen molar-refractivity contribution in [2.24, 2.45) is 12.8 Å². The molecule has 3 N–H and O–H groups in total. The maximum Gasteiger partial charge on any atom is 0.337 e. The number of benzene rings is 1. The van der Waals surface area contributed by atoms with Crippen molar-refractivity contribution in [2.75, 3.05) is 12.4 Å². The summed E-state index contributed by atoms with van der Waals surface area (Å²) in [6.45, 7) is 1.63. The highest BCUT2D eigenvalue weighted by Gasteiger charge is 2.22. The number of aryl methyl sites for hydroxylation is 2. The summed E-state index contributed by atoms with van der Waals surface area (Å²) in [5.41, 5.74) is 5.65. The third-order valence-electron chi connectivity index (χ3n) is 3.89. The second-order valence-corrected chi connectivity index (χ2v) is 5.59. The lowest BCUT2D eigenvalue weighted by atomic mass is 10.1. The number of aromatic nitrogens is 2. The molecule has 0 saturated heterocycles. The van der Waals surface area contributed by atoms with Crippen LogP contribution < -0.4 is 21.4 Å². The molecule has 1 aromatic carbocycles. The van der Waals surface area contributed by atoms with Crippen molar-refractivity contribution in [3.05, 3.63) is 51.6 Å². The zero-order valence-electron chi connectivity index (χ0n) is 14.3. The summed E-state index contributed by atoms with van der Waals surface area (Å²) in [4.78, 5) is 36.2. The smallest absolute Gasteiger partial charge is 0.337 e. The third-order valence-corrected chi connectivity index (χ3v) is 3.89. The molecule has 0 atom stereocenters. The van der Waals surface area contributed by atoms with E-state index in [1.807, 2.05) is 0 Å². The van der Waals surface area contributed by atoms with E-state index in [1.165, 1.54) is 17.9 Å². The van der Waals surface area contributed by atoms with Gasteiger partial charge < -0.3 is 20.2 Å². The molecular formula is C17H16N4O5. The Balaban J connectivity index is 2.09. The number of methoxy groups -OCH3 is 1. The summed E-state index contributed by atoms with van der Waals surface area (Å²) >= 11 is 0. The van der Waals surface area contributed by atoms with E-state index in [0.29, 0.717) is 16.8 Å². The molecule has 2 heterocycles. The first kappa shape index (κ1) is 17.2. The van der Waals surface area contributed by atoms with Gasteiger partial charge in [-0.05, 0) is 19.1 Å². The molecule has 26 heavy (non-hydrogen) atoms. The van der Waals surface area contributed by atoms with E-state index in [-0.39, 0.29) is 22.5 Å². The van der Waals surface area contributed by atoms with Gasteiger partial charge in [0.25, 0.3) is 11.8 Å². The van der Waals surface area contributed by atoms with Gasteiger partial charge in [-0.15, -0.1) is 0 Å². The molecule has 0 radical (unpaired) electrons. The van der Waals surface area contributed by atoms with Crippen molar-refractivity contribution < 1.29 is 18.7 Å². The minimum atomic E-state index is -0.731. The molecule has 134 valence electrons. The molecule has 2 aromatic heterocycles. The lowest BCUT2D eigenvalue weighted by Crippen LogP contribution is -2.21. The molecule has 0 aliphatic heterocycles. The normalized spacial score (nSPS) is 10.7. The van der Waals surface area contributed by atoms with Crippen molar-refractivity contribution in [3.8, 4) is 5.75 Å². The lowest BCUT2D eigenvalue weighted by molar-refractivity contribution is 0.0992. The van der Waals surface area contributed by atoms with Gasteiger partial charge in [-0.25, -0.2) is 4.79 Å². The zero-order chi connectivity index (χ0) is 19.0. The number of primary amides is 1. The van der Waals surface area contributed by atoms with Crippen LogP contribution in [0.15, 0.2) is 33.5 Å². The average molecular weight is 356 g/mol. The highest BCUT2D eigenvalue weighted by molar-refractivity contribution is 6.14. The van der Waals surface area contributed by atoms with Crippen LogP contribution in [0.1, 0.15) is 26.5 Å². The second-order valence-electron chi connectivity index (χ2n) is 5.59. The minimum absolute atomic E-state index is 0.0600. The van der Waals surface area contributed by atoms with Gasteiger partial charge in [-0.2, -0.15) is 5.10 Å². The van der Waals surface area contributed by atoms with Gasteiger partial charge in [0.1, 0.15) is 17.0 Å². The highest BCUT2D eigenvalue weighted by Crippen LogP contribution is 2.25. The molecular weight excluding hydrogens is 340 g/mol. The van der Waals surface area contributed by atoms with Gasteiger partial charge in [0.05, 0.1) is 24.1 Å². The van der Waals surface area contributed by atoms with Crippen molar-refractivity contribution in [2.45, 2.75) is 6.92 Å². The molecule has 0 bridgehead atoms. The average Bonchev–Trinajstić information content (AvgIpc) is 2.86. The topological polar surface area (TPSA) is 129 Å². The van der Waals surface area contributed by atoms with Crippen molar-refractivity contribution >= 4 is 28.5 Å². The molecule has 0 aliphatic rings. The van der Waals surface area contributed by atoms with Gasteiger partial charge in [0, 0.05) is 24.6 Å². The van der Waals surface area contributed by atoms with Gasteiger partial charge in [-0.3, -0.25) is 14.3 Å². The maximum atomic E-state index is 12.8. The number of carbonyl (C=O) groups is 2. The third kappa shape index (κ3) is 2.90. The molecule has 0 fully saturated rings. The molecule has 2 amide bonds. The monoisotopic (exact) mass is 356 g/mol. The number of nitrogens with two attached hydrogens (primary N) is 1. The van der Waals surface area contributed by atoms with Crippen LogP contribution in [-0.4, -0.2) is 28.7 Å². The number of hydrogen-bond donors (Lipinski definition) is 2. The quantitative estimate of drug-likeness (QED) is 0.676. The summed E-state index contributed by atoms with van der Waals surface area (Å²) in [5.74, 6) is -0.838. The van der Waals surface area contributed by atoms with E-state index in [1.54, 1.807) is 26.1 Å². The van der Waals surface area contributed by atoms with Crippen LogP contribution in [0.25, 0.3) is 11.0 Å². The number of hydrogen-bond acceptors (Lipinski definition) is 6. The van der Waals surface area contributed by atoms with Crippen LogP contribution >= 0.6 is 0 Å². The number of carbonyl (C=O) groups excluding carboxylic acids is 2. The summed E-state index contributed by atoms with van der Waals surface area (Å²) in [6, 6.07) is 5.85. The largest absolute Gasteiger partial charge is 0.497 e. The first-order valence-electron chi connectivity index (χ1n) is 7.58. The van der Waals surface area contributed by atoms with Crippen molar-refractivity contribution in [3.63, 3.8) is 0 Å². The first-order valence-corrected chi connectivity index (χ1v) is 7.58. The van der Waals surface area contributed by atoms with Gasteiger partial charge in [0.2, 0.25) is 0 Å². The lowest BCUT2D eigenvalue weighted by Gasteiger charge is -2.09. The molecule has 0 spiro atoms. The molecule has 9 heteroatoms. The van der Waals surface area contributed by atoms with Gasteiger partial charge in [0.15, 0.2) is 0 Å². The molecule has 0 unspecified atom stereocenters. The van der Waals surface area contributed by atoms with E-state index >= 15 is 0 Å². The Labute approximate surface area is 147 Å². The van der Waals surface area contributed by atoms with E-state index in [2.05, 4.69) is 10.4 Å². The molecule has 9 nitrogen and oxygen atoms in total. The number of fused-ring (bicyclic) bond motifs is 1. The summed E-state index contributed by atoms with van der Waals surface area (Å²) in [7, 11) is 3.02. The fourth-order valence-corrected chi connectivity index (χ4v) is 2.73. The van der Waals surface area contributed by atoms with Crippen LogP contribution in [0.2, 0.25) is 0 Å². The van der Waals surface area contributed by atoms with Crippen LogP contribution in [0.5, 0.6) is 5.75 Å². The Morgan fingerprint density at radius 1 is 1.31 bits per heavy atom. The van der Waals surface area contributed by atoms with E-state index in [0.717, 1.165) is 6.07 Å². The van der Waals surface area contributed by atoms with Crippen LogP contribution in [0.3, 0.4) is 0 Å². The fraction of sp³-hybridized carbons (Fsp3) is 0.176. The number of ether oxygens (including phenoxy) is 1. The highest BCUT2D eigenvalue weighted by atomic mass is 16.5. The fourth-order valence-electron chi connectivity index (χ4n) is 2.73. The first-order chi connectivity index (χ1) is 12.3. The van der Waals surface area contributed by atoms with Crippen LogP contribution in [-0.2, 0) is 7.05 Å². The number of amides is 2. The SMILES string of the molecule is COc1ccc2c(C(=O)Nc3c(C)nn(C)c3C(N)=O)cc(=O)oc2c1. The Morgan fingerprint density at radius 3 is 2.69 bits per heavy atom. The maximum absolute atomic E-state index is 12.8. The summed E-state index contributed by atoms with van der Waals surface area (Å²) in [6.07, 6.45) is 0. The van der Waals surface area contributed by atoms with Crippen LogP contribution in [0, 0.1) is 6.92 Å². The predicted octanol–water partition coefficient (Wildman–Crippen LogP) is 1.19. The van der Waals surface area contributed by atoms with Crippen LogP contribution in [0.4, 0.5) is 5.69 Å². The zero-order valence-corrected chi connectivity index (χ0v) is 14.3. The van der Waals surface area contributed by atoms with E-state index < -0.39 is 17.4 Å². The second kappa shape index (κ2) is 6.36. The number of anilines is 1. The molecule has 0 aliphatic carbocycles. The predicted molar refractivity (Wildman–Crippen MR) is 93.5 cm³/mol. The number of nitrogens with zero attached hydrogens (tertiary/aromatic N) is 2. The number of rotatable bonds is 4. The minimum Gasteiger partial charge on any atom is -0.497 e. The standard InChI is InChI=1S/C17H16N4O5/c1-8-14(15(16(18)23)21(2)20-8)19-17(24)11-7-13(22)26-12-6-9(25-3)4-5-10(11)12/h4-7H,1-3H3,(H2,18,23)(H,19,24). The summed E-state index contributed by atoms with van der Waals surface area (Å²) in [5, 5.41) is 7.12. The van der Waals surface area contributed by atoms with Crippen molar-refractivity contribution in [1.29, 1.82) is 0 Å². The molecule has 0 saturated carbocycles. The Hall–Kier alpha value is -3.62.